The summed E-state index contributed by atoms with van der Waals surface area (Å²) in [6.07, 6.45) is 0. The number of rotatable bonds is 4. The SMILES string of the molecule is CC(C)(C)c1cc2c3c(c1)N(c1ccccc1)c1c(oc4ccccc14)B3c1cc3c(cc1N2c1ccccc1)N(c1ccccc1)c1cc(C(C)(C)C)cc2c1B3c1oc3ccccc3c1N2c1ccccc1. The first kappa shape index (κ1) is 43.0. The van der Waals surface area contributed by atoms with Gasteiger partial charge in [-0.2, -0.15) is 0 Å². The molecule has 11 aromatic rings. The highest BCUT2D eigenvalue weighted by atomic mass is 16.3. The Labute approximate surface area is 432 Å². The molecule has 0 N–H and O–H groups in total. The predicted octanol–water partition coefficient (Wildman–Crippen LogP) is 13.9. The topological polar surface area (TPSA) is 39.2 Å². The van der Waals surface area contributed by atoms with Crippen molar-refractivity contribution >= 4 is 137 Å². The third kappa shape index (κ3) is 6.08. The fourth-order valence-corrected chi connectivity index (χ4v) is 12.6. The fraction of sp³-hybridized carbons (Fsp3) is 0.121. The lowest BCUT2D eigenvalue weighted by molar-refractivity contribution is 0.590. The van der Waals surface area contributed by atoms with Crippen molar-refractivity contribution in [2.24, 2.45) is 0 Å². The zero-order valence-electron chi connectivity index (χ0n) is 42.4. The maximum Gasteiger partial charge on any atom is 0.297 e. The lowest BCUT2D eigenvalue weighted by Crippen LogP contribution is -2.65. The van der Waals surface area contributed by atoms with Crippen LogP contribution >= 0.6 is 0 Å². The number of hydrogen-bond donors (Lipinski definition) is 0. The lowest BCUT2D eigenvalue weighted by atomic mass is 9.32. The zero-order valence-corrected chi connectivity index (χ0v) is 42.4. The Balaban J connectivity index is 1.11. The second kappa shape index (κ2) is 15.5. The van der Waals surface area contributed by atoms with Crippen LogP contribution in [-0.4, -0.2) is 13.4 Å². The molecule has 74 heavy (non-hydrogen) atoms. The third-order valence-corrected chi connectivity index (χ3v) is 16.0. The molecule has 0 bridgehead atoms. The standard InChI is InChI=1S/C66H52B2N4O2/c1-65(2,3)41-35-53-59-55(37-41)71(45-27-15-9-16-28-45)61-47-31-19-21-33-57(47)73-63(61)67(59)49-39-50-52(40-51(49)69(53)43-23-11-7-12-24-43)70(44-25-13-8-14-26-44)54-36-42(66(4,5)6)38-56-60(54)68(50)64-62(48-32-20-22-34-58(48)74-64)72(56)46-29-17-10-18-30-46/h7-40H,1-6H3. The molecule has 0 fully saturated rings. The number of anilines is 12. The highest BCUT2D eigenvalue weighted by Gasteiger charge is 2.52. The number of fused-ring (bicyclic) bond motifs is 12. The van der Waals surface area contributed by atoms with E-state index in [1.165, 1.54) is 33.0 Å². The van der Waals surface area contributed by atoms with Crippen LogP contribution in [-0.2, 0) is 10.8 Å². The summed E-state index contributed by atoms with van der Waals surface area (Å²) in [5, 5.41) is 2.18. The summed E-state index contributed by atoms with van der Waals surface area (Å²) in [7, 11) is 0. The van der Waals surface area contributed by atoms with Crippen molar-refractivity contribution in [2.45, 2.75) is 52.4 Å². The van der Waals surface area contributed by atoms with Crippen LogP contribution in [0, 0.1) is 0 Å². The molecule has 6 nitrogen and oxygen atoms in total. The molecule has 0 atom stereocenters. The molecule has 0 aliphatic carbocycles. The van der Waals surface area contributed by atoms with Crippen molar-refractivity contribution in [1.29, 1.82) is 0 Å². The monoisotopic (exact) mass is 954 g/mol. The average molecular weight is 955 g/mol. The van der Waals surface area contributed by atoms with Crippen LogP contribution in [0.2, 0.25) is 0 Å². The second-order valence-electron chi connectivity index (χ2n) is 22.5. The van der Waals surface area contributed by atoms with Gasteiger partial charge in [0, 0.05) is 67.6 Å². The van der Waals surface area contributed by atoms with Gasteiger partial charge in [-0.1, -0.05) is 145 Å². The van der Waals surface area contributed by atoms with Gasteiger partial charge in [-0.3, -0.25) is 0 Å². The van der Waals surface area contributed by atoms with Crippen LogP contribution in [0.1, 0.15) is 52.7 Å². The molecule has 354 valence electrons. The van der Waals surface area contributed by atoms with Crippen LogP contribution in [0.25, 0.3) is 21.9 Å². The first-order valence-corrected chi connectivity index (χ1v) is 26.0. The van der Waals surface area contributed by atoms with Gasteiger partial charge in [-0.25, -0.2) is 0 Å². The molecule has 0 saturated heterocycles. The summed E-state index contributed by atoms with van der Waals surface area (Å²) in [4.78, 5) is 10.0. The second-order valence-corrected chi connectivity index (χ2v) is 22.5. The third-order valence-electron chi connectivity index (χ3n) is 16.0. The van der Waals surface area contributed by atoms with E-state index in [2.05, 4.69) is 267 Å². The molecule has 15 rings (SSSR count). The van der Waals surface area contributed by atoms with Gasteiger partial charge in [-0.05, 0) is 147 Å². The minimum Gasteiger partial charge on any atom is -0.468 e. The molecular weight excluding hydrogens is 902 g/mol. The molecule has 9 aromatic carbocycles. The van der Waals surface area contributed by atoms with E-state index < -0.39 is 0 Å². The number of para-hydroxylation sites is 6. The number of nitrogens with zero attached hydrogens (tertiary/aromatic N) is 4. The quantitative estimate of drug-likeness (QED) is 0.164. The highest BCUT2D eigenvalue weighted by Crippen LogP contribution is 2.52. The first-order chi connectivity index (χ1) is 36.0. The van der Waals surface area contributed by atoms with Crippen molar-refractivity contribution in [3.63, 3.8) is 0 Å². The van der Waals surface area contributed by atoms with Gasteiger partial charge < -0.3 is 28.4 Å². The lowest BCUT2D eigenvalue weighted by Gasteiger charge is -2.46. The van der Waals surface area contributed by atoms with E-state index in [0.717, 1.165) is 102 Å². The van der Waals surface area contributed by atoms with Gasteiger partial charge in [0.15, 0.2) is 0 Å². The summed E-state index contributed by atoms with van der Waals surface area (Å²) >= 11 is 0. The van der Waals surface area contributed by atoms with E-state index in [0.29, 0.717) is 0 Å². The molecule has 0 unspecified atom stereocenters. The molecule has 8 heteroatoms. The maximum absolute atomic E-state index is 7.37. The molecule has 0 spiro atoms. The molecular formula is C66H52B2N4O2. The van der Waals surface area contributed by atoms with Crippen LogP contribution in [0.5, 0.6) is 0 Å². The molecule has 6 heterocycles. The van der Waals surface area contributed by atoms with E-state index in [9.17, 15) is 0 Å². The summed E-state index contributed by atoms with van der Waals surface area (Å²) in [6.45, 7) is 13.5. The van der Waals surface area contributed by atoms with E-state index in [-0.39, 0.29) is 24.3 Å². The van der Waals surface area contributed by atoms with E-state index in [1.807, 2.05) is 0 Å². The van der Waals surface area contributed by atoms with Crippen molar-refractivity contribution in [2.75, 3.05) is 19.6 Å². The number of benzene rings is 9. The first-order valence-electron chi connectivity index (χ1n) is 26.0. The predicted molar refractivity (Wildman–Crippen MR) is 311 cm³/mol. The van der Waals surface area contributed by atoms with E-state index in [4.69, 9.17) is 8.83 Å². The Morgan fingerprint density at radius 2 is 0.635 bits per heavy atom. The molecule has 0 saturated carbocycles. The summed E-state index contributed by atoms with van der Waals surface area (Å²) < 4.78 is 14.7. The van der Waals surface area contributed by atoms with E-state index >= 15 is 0 Å². The highest BCUT2D eigenvalue weighted by molar-refractivity contribution is 7.02. The average Bonchev–Trinajstić information content (AvgIpc) is 4.10. The summed E-state index contributed by atoms with van der Waals surface area (Å²) in [5.41, 5.74) is 24.0. The Morgan fingerprint density at radius 1 is 0.324 bits per heavy atom. The summed E-state index contributed by atoms with van der Waals surface area (Å²) in [5.74, 6) is 0. The van der Waals surface area contributed by atoms with Crippen LogP contribution in [0.4, 0.5) is 68.2 Å². The van der Waals surface area contributed by atoms with E-state index in [1.54, 1.807) is 0 Å². The van der Waals surface area contributed by atoms with Gasteiger partial charge in [-0.15, -0.1) is 0 Å². The molecule has 4 aliphatic heterocycles. The Morgan fingerprint density at radius 3 is 0.986 bits per heavy atom. The Hall–Kier alpha value is -8.61. The van der Waals surface area contributed by atoms with Crippen molar-refractivity contribution in [3.05, 3.63) is 217 Å². The maximum atomic E-state index is 7.37. The Kier molecular flexibility index (Phi) is 8.98. The molecule has 4 aliphatic rings. The van der Waals surface area contributed by atoms with Gasteiger partial charge in [0.05, 0.1) is 22.7 Å². The summed E-state index contributed by atoms with van der Waals surface area (Å²) in [6, 6.07) is 75.7. The fourth-order valence-electron chi connectivity index (χ4n) is 12.6. The van der Waals surface area contributed by atoms with Crippen LogP contribution in [0.15, 0.2) is 215 Å². The number of furan rings is 2. The smallest absolute Gasteiger partial charge is 0.297 e. The van der Waals surface area contributed by atoms with Gasteiger partial charge in [0.2, 0.25) is 0 Å². The van der Waals surface area contributed by atoms with Crippen molar-refractivity contribution in [3.8, 4) is 0 Å². The minimum atomic E-state index is -0.259. The van der Waals surface area contributed by atoms with Crippen molar-refractivity contribution < 1.29 is 8.83 Å². The zero-order chi connectivity index (χ0) is 49.8. The number of hydrogen-bond acceptors (Lipinski definition) is 6. The molecule has 0 amide bonds. The van der Waals surface area contributed by atoms with Gasteiger partial charge in [0.25, 0.3) is 13.4 Å². The molecule has 0 radical (unpaired) electrons. The molecule has 2 aromatic heterocycles. The van der Waals surface area contributed by atoms with Crippen LogP contribution < -0.4 is 52.8 Å². The largest absolute Gasteiger partial charge is 0.468 e. The normalized spacial score (nSPS) is 14.2. The van der Waals surface area contributed by atoms with Crippen LogP contribution in [0.3, 0.4) is 0 Å². The Bertz CT molecular complexity index is 3820. The van der Waals surface area contributed by atoms with Gasteiger partial charge >= 0.3 is 0 Å². The van der Waals surface area contributed by atoms with Crippen molar-refractivity contribution in [1.82, 2.24) is 0 Å². The minimum absolute atomic E-state index is 0.171. The van der Waals surface area contributed by atoms with Gasteiger partial charge in [0.1, 0.15) is 11.2 Å².